The number of benzene rings is 2. The van der Waals surface area contributed by atoms with Crippen LogP contribution in [0.2, 0.25) is 0 Å². The minimum absolute atomic E-state index is 0.587. The molecule has 0 amide bonds. The zero-order valence-corrected chi connectivity index (χ0v) is 13.5. The molecule has 0 unspecified atom stereocenters. The van der Waals surface area contributed by atoms with Crippen molar-refractivity contribution in [2.24, 2.45) is 0 Å². The van der Waals surface area contributed by atoms with Crippen LogP contribution in [0.3, 0.4) is 0 Å². The summed E-state index contributed by atoms with van der Waals surface area (Å²) in [5.41, 5.74) is 3.31. The van der Waals surface area contributed by atoms with Gasteiger partial charge in [-0.3, -0.25) is 4.57 Å². The van der Waals surface area contributed by atoms with E-state index in [4.69, 9.17) is 22.2 Å². The first kappa shape index (κ1) is 13.9. The Hall–Kier alpha value is -2.10. The third-order valence-corrected chi connectivity index (χ3v) is 4.13. The molecule has 0 aliphatic carbocycles. The first-order valence-electron chi connectivity index (χ1n) is 6.13. The quantitative estimate of drug-likeness (QED) is 0.692. The molecule has 1 heterocycles. The summed E-state index contributed by atoms with van der Waals surface area (Å²) in [6, 6.07) is 13.3. The number of hydrogen-bond acceptors (Lipinski definition) is 3. The van der Waals surface area contributed by atoms with Crippen molar-refractivity contribution in [3.05, 3.63) is 51.2 Å². The van der Waals surface area contributed by atoms with Crippen molar-refractivity contribution >= 4 is 39.2 Å². The summed E-state index contributed by atoms with van der Waals surface area (Å²) in [6.45, 7) is 0. The molecule has 0 atom stereocenters. The molecule has 3 rings (SSSR count). The number of hydrogen-bond donors (Lipinski definition) is 1. The van der Waals surface area contributed by atoms with Crippen LogP contribution in [0, 0.1) is 16.1 Å². The molecule has 0 radical (unpaired) electrons. The van der Waals surface area contributed by atoms with Crippen LogP contribution in [0.4, 0.5) is 0 Å². The number of halogens is 1. The Balaban J connectivity index is 2.32. The van der Waals surface area contributed by atoms with E-state index in [1.807, 2.05) is 28.8 Å². The predicted octanol–water partition coefficient (Wildman–Crippen LogP) is 4.33. The fourth-order valence-corrected chi connectivity index (χ4v) is 3.07. The van der Waals surface area contributed by atoms with Crippen molar-refractivity contribution in [3.63, 3.8) is 0 Å². The van der Waals surface area contributed by atoms with E-state index in [-0.39, 0.29) is 0 Å². The minimum Gasteiger partial charge on any atom is -0.497 e. The lowest BCUT2D eigenvalue weighted by Gasteiger charge is -2.08. The highest BCUT2D eigenvalue weighted by Gasteiger charge is 2.11. The van der Waals surface area contributed by atoms with E-state index >= 15 is 0 Å². The van der Waals surface area contributed by atoms with E-state index in [0.29, 0.717) is 10.3 Å². The summed E-state index contributed by atoms with van der Waals surface area (Å²) in [5.74, 6) is 0.759. The number of ether oxygens (including phenoxy) is 1. The minimum atomic E-state index is 0.587. The smallest absolute Gasteiger partial charge is 0.182 e. The van der Waals surface area contributed by atoms with Crippen molar-refractivity contribution in [2.75, 3.05) is 7.11 Å². The third-order valence-electron chi connectivity index (χ3n) is 3.21. The topological polar surface area (TPSA) is 53.7 Å². The fraction of sp³-hybridized carbons (Fsp3) is 0.0667. The van der Waals surface area contributed by atoms with E-state index in [0.717, 1.165) is 26.9 Å². The van der Waals surface area contributed by atoms with Gasteiger partial charge in [-0.25, -0.2) is 0 Å². The van der Waals surface area contributed by atoms with Crippen molar-refractivity contribution < 1.29 is 4.74 Å². The number of imidazole rings is 1. The number of nitriles is 1. The molecule has 21 heavy (non-hydrogen) atoms. The number of H-pyrrole nitrogens is 1. The maximum absolute atomic E-state index is 8.96. The second kappa shape index (κ2) is 5.35. The van der Waals surface area contributed by atoms with Crippen LogP contribution in [0.15, 0.2) is 40.9 Å². The van der Waals surface area contributed by atoms with Gasteiger partial charge in [-0.2, -0.15) is 5.26 Å². The predicted molar refractivity (Wildman–Crippen MR) is 87.4 cm³/mol. The van der Waals surface area contributed by atoms with Crippen LogP contribution in [-0.4, -0.2) is 16.7 Å². The number of nitrogens with one attached hydrogen (secondary N) is 1. The molecule has 2 aromatic carbocycles. The number of aromatic amines is 1. The Kier molecular flexibility index (Phi) is 3.53. The van der Waals surface area contributed by atoms with E-state index < -0.39 is 0 Å². The van der Waals surface area contributed by atoms with Crippen LogP contribution < -0.4 is 4.74 Å². The highest BCUT2D eigenvalue weighted by atomic mass is 79.9. The van der Waals surface area contributed by atoms with Gasteiger partial charge in [-0.15, -0.1) is 0 Å². The maximum atomic E-state index is 8.96. The lowest BCUT2D eigenvalue weighted by Crippen LogP contribution is -1.96. The molecule has 0 saturated carbocycles. The standard InChI is InChI=1S/C15H10BrN3OS/c1-20-10-3-4-12-14(7-10)19(15(21)18-12)13-5-2-9(8-17)6-11(13)16/h2-7H,1H3,(H,18,21). The van der Waals surface area contributed by atoms with Crippen molar-refractivity contribution in [1.29, 1.82) is 5.26 Å². The average Bonchev–Trinajstić information content (AvgIpc) is 2.82. The van der Waals surface area contributed by atoms with Gasteiger partial charge in [-0.1, -0.05) is 0 Å². The van der Waals surface area contributed by atoms with Crippen LogP contribution in [0.1, 0.15) is 5.56 Å². The molecular formula is C15H10BrN3OS. The molecule has 0 spiro atoms. The SMILES string of the molecule is COc1ccc2[nH]c(=S)n(-c3ccc(C#N)cc3Br)c2c1. The molecule has 1 N–H and O–H groups in total. The molecular weight excluding hydrogens is 350 g/mol. The molecule has 0 saturated heterocycles. The van der Waals surface area contributed by atoms with Gasteiger partial charge in [0.05, 0.1) is 35.5 Å². The number of fused-ring (bicyclic) bond motifs is 1. The highest BCUT2D eigenvalue weighted by molar-refractivity contribution is 9.10. The summed E-state index contributed by atoms with van der Waals surface area (Å²) < 4.78 is 8.58. The molecule has 0 aliphatic rings. The van der Waals surface area contributed by atoms with E-state index in [9.17, 15) is 0 Å². The number of methoxy groups -OCH3 is 1. The Morgan fingerprint density at radius 3 is 2.76 bits per heavy atom. The Labute approximate surface area is 134 Å². The summed E-state index contributed by atoms with van der Waals surface area (Å²) in [7, 11) is 1.63. The van der Waals surface area contributed by atoms with Gasteiger partial charge in [0, 0.05) is 10.5 Å². The third kappa shape index (κ3) is 2.35. The van der Waals surface area contributed by atoms with Crippen molar-refractivity contribution in [1.82, 2.24) is 9.55 Å². The van der Waals surface area contributed by atoms with Crippen LogP contribution >= 0.6 is 28.1 Å². The van der Waals surface area contributed by atoms with Crippen molar-refractivity contribution in [3.8, 4) is 17.5 Å². The lowest BCUT2D eigenvalue weighted by atomic mass is 10.2. The molecule has 1 aromatic heterocycles. The molecule has 6 heteroatoms. The number of rotatable bonds is 2. The largest absolute Gasteiger partial charge is 0.497 e. The van der Waals surface area contributed by atoms with E-state index in [1.54, 1.807) is 19.2 Å². The summed E-state index contributed by atoms with van der Waals surface area (Å²) >= 11 is 8.92. The zero-order chi connectivity index (χ0) is 15.0. The first-order valence-corrected chi connectivity index (χ1v) is 7.33. The highest BCUT2D eigenvalue weighted by Crippen LogP contribution is 2.28. The lowest BCUT2D eigenvalue weighted by molar-refractivity contribution is 0.415. The Bertz CT molecular complexity index is 936. The van der Waals surface area contributed by atoms with Gasteiger partial charge in [0.15, 0.2) is 4.77 Å². The zero-order valence-electron chi connectivity index (χ0n) is 11.1. The average molecular weight is 360 g/mol. The van der Waals surface area contributed by atoms with Crippen molar-refractivity contribution in [2.45, 2.75) is 0 Å². The molecule has 104 valence electrons. The van der Waals surface area contributed by atoms with Gasteiger partial charge in [0.2, 0.25) is 0 Å². The first-order chi connectivity index (χ1) is 10.1. The Morgan fingerprint density at radius 2 is 2.10 bits per heavy atom. The molecule has 0 bridgehead atoms. The number of nitrogens with zero attached hydrogens (tertiary/aromatic N) is 2. The van der Waals surface area contributed by atoms with Gasteiger partial charge in [-0.05, 0) is 58.5 Å². The molecule has 4 nitrogen and oxygen atoms in total. The monoisotopic (exact) mass is 359 g/mol. The molecule has 0 aliphatic heterocycles. The number of aromatic nitrogens is 2. The van der Waals surface area contributed by atoms with Gasteiger partial charge in [0.1, 0.15) is 5.75 Å². The second-order valence-electron chi connectivity index (χ2n) is 4.43. The Morgan fingerprint density at radius 1 is 1.29 bits per heavy atom. The van der Waals surface area contributed by atoms with Gasteiger partial charge in [0.25, 0.3) is 0 Å². The van der Waals surface area contributed by atoms with E-state index in [2.05, 4.69) is 27.0 Å². The van der Waals surface area contributed by atoms with Crippen LogP contribution in [0.25, 0.3) is 16.7 Å². The maximum Gasteiger partial charge on any atom is 0.182 e. The second-order valence-corrected chi connectivity index (χ2v) is 5.67. The van der Waals surface area contributed by atoms with Gasteiger partial charge >= 0.3 is 0 Å². The summed E-state index contributed by atoms with van der Waals surface area (Å²) in [6.07, 6.45) is 0. The fourth-order valence-electron chi connectivity index (χ4n) is 2.21. The summed E-state index contributed by atoms with van der Waals surface area (Å²) in [5, 5.41) is 8.96. The van der Waals surface area contributed by atoms with Gasteiger partial charge < -0.3 is 9.72 Å². The molecule has 0 fully saturated rings. The van der Waals surface area contributed by atoms with E-state index in [1.165, 1.54) is 0 Å². The normalized spacial score (nSPS) is 10.5. The van der Waals surface area contributed by atoms with Crippen LogP contribution in [-0.2, 0) is 0 Å². The summed E-state index contributed by atoms with van der Waals surface area (Å²) in [4.78, 5) is 3.17. The molecule has 3 aromatic rings. The van der Waals surface area contributed by atoms with Crippen LogP contribution in [0.5, 0.6) is 5.75 Å².